The van der Waals surface area contributed by atoms with E-state index in [9.17, 15) is 14.7 Å². The van der Waals surface area contributed by atoms with Crippen LogP contribution in [0.15, 0.2) is 53.0 Å². The number of ketones is 1. The number of benzene rings is 2. The molecule has 3 aromatic rings. The number of carbonyl (C=O) groups is 1. The van der Waals surface area contributed by atoms with E-state index in [0.717, 1.165) is 30.8 Å². The second-order valence-corrected chi connectivity index (χ2v) is 10.3. The first-order valence-corrected chi connectivity index (χ1v) is 12.6. The van der Waals surface area contributed by atoms with Gasteiger partial charge in [-0.1, -0.05) is 12.1 Å². The summed E-state index contributed by atoms with van der Waals surface area (Å²) < 4.78 is 18.9. The van der Waals surface area contributed by atoms with E-state index in [-0.39, 0.29) is 35.6 Å². The molecule has 4 aliphatic heterocycles. The topological polar surface area (TPSA) is 90.2 Å². The Kier molecular flexibility index (Phi) is 4.94. The largest absolute Gasteiger partial charge is 0.507 e. The number of aromatic hydroxyl groups is 1. The van der Waals surface area contributed by atoms with Crippen molar-refractivity contribution >= 4 is 11.9 Å². The SMILES string of the molecule is Cc1cc(O)c(CN2C[C@H]3C[C@@H](C2)c2cccc(=O)n2C3)c2c1C(=O)/C(=C/c1ccc3c(c1)OCO3)O2. The quantitative estimate of drug-likeness (QED) is 0.549. The molecule has 5 heterocycles. The highest BCUT2D eigenvalue weighted by atomic mass is 16.7. The van der Waals surface area contributed by atoms with Gasteiger partial charge in [-0.15, -0.1) is 0 Å². The molecule has 0 saturated carbocycles. The maximum Gasteiger partial charge on any atom is 0.250 e. The van der Waals surface area contributed by atoms with Gasteiger partial charge in [0.2, 0.25) is 12.6 Å². The molecule has 0 unspecified atom stereocenters. The molecule has 4 aliphatic rings. The predicted octanol–water partition coefficient (Wildman–Crippen LogP) is 3.83. The summed E-state index contributed by atoms with van der Waals surface area (Å²) in [6, 6.07) is 12.6. The van der Waals surface area contributed by atoms with Crippen LogP contribution in [0.2, 0.25) is 0 Å². The van der Waals surface area contributed by atoms with Gasteiger partial charge in [-0.25, -0.2) is 0 Å². The van der Waals surface area contributed by atoms with E-state index in [1.807, 2.05) is 41.8 Å². The zero-order valence-electron chi connectivity index (χ0n) is 20.4. The molecule has 0 amide bonds. The Balaban J connectivity index is 1.19. The summed E-state index contributed by atoms with van der Waals surface area (Å²) in [5.74, 6) is 2.49. The third-order valence-corrected chi connectivity index (χ3v) is 7.85. The minimum atomic E-state index is -0.199. The number of hydrogen-bond acceptors (Lipinski definition) is 7. The Morgan fingerprint density at radius 1 is 1.05 bits per heavy atom. The van der Waals surface area contributed by atoms with Gasteiger partial charge >= 0.3 is 0 Å². The van der Waals surface area contributed by atoms with Crippen molar-refractivity contribution in [2.24, 2.45) is 5.92 Å². The van der Waals surface area contributed by atoms with Crippen molar-refractivity contribution in [3.05, 3.63) is 86.5 Å². The van der Waals surface area contributed by atoms with Crippen molar-refractivity contribution in [1.29, 1.82) is 0 Å². The Morgan fingerprint density at radius 2 is 1.92 bits per heavy atom. The third kappa shape index (κ3) is 3.62. The number of aryl methyl sites for hydroxylation is 1. The lowest BCUT2D eigenvalue weighted by Gasteiger charge is -2.43. The van der Waals surface area contributed by atoms with Crippen molar-refractivity contribution in [3.63, 3.8) is 0 Å². The van der Waals surface area contributed by atoms with Crippen molar-refractivity contribution < 1.29 is 24.1 Å². The van der Waals surface area contributed by atoms with Crippen LogP contribution >= 0.6 is 0 Å². The molecule has 2 aromatic carbocycles. The second-order valence-electron chi connectivity index (χ2n) is 10.3. The number of pyridine rings is 1. The van der Waals surface area contributed by atoms with Crippen molar-refractivity contribution in [2.75, 3.05) is 19.9 Å². The van der Waals surface area contributed by atoms with Crippen LogP contribution in [0.25, 0.3) is 6.08 Å². The van der Waals surface area contributed by atoms with Gasteiger partial charge in [-0.2, -0.15) is 0 Å². The van der Waals surface area contributed by atoms with Gasteiger partial charge in [0.05, 0.1) is 11.1 Å². The summed E-state index contributed by atoms with van der Waals surface area (Å²) in [6.07, 6.45) is 2.75. The molecule has 1 N–H and O–H groups in total. The second kappa shape index (κ2) is 8.24. The van der Waals surface area contributed by atoms with Crippen LogP contribution < -0.4 is 19.8 Å². The maximum atomic E-state index is 13.4. The normalized spacial score (nSPS) is 22.6. The summed E-state index contributed by atoms with van der Waals surface area (Å²) in [7, 11) is 0. The number of nitrogens with zero attached hydrogens (tertiary/aromatic N) is 2. The van der Waals surface area contributed by atoms with Gasteiger partial charge < -0.3 is 23.9 Å². The minimum absolute atomic E-state index is 0.0586. The molecule has 2 bridgehead atoms. The summed E-state index contributed by atoms with van der Waals surface area (Å²) in [4.78, 5) is 28.0. The van der Waals surface area contributed by atoms with Gasteiger partial charge in [0.15, 0.2) is 17.3 Å². The summed E-state index contributed by atoms with van der Waals surface area (Å²) in [5.41, 5.74) is 3.69. The molecule has 1 saturated heterocycles. The number of ether oxygens (including phenoxy) is 3. The van der Waals surface area contributed by atoms with Gasteiger partial charge in [-0.05, 0) is 60.7 Å². The van der Waals surface area contributed by atoms with Crippen LogP contribution in [-0.4, -0.2) is 40.2 Å². The number of fused-ring (bicyclic) bond motifs is 6. The fourth-order valence-corrected chi connectivity index (χ4v) is 6.24. The van der Waals surface area contributed by atoms with E-state index in [4.69, 9.17) is 14.2 Å². The van der Waals surface area contributed by atoms with Crippen LogP contribution in [0.4, 0.5) is 0 Å². The van der Waals surface area contributed by atoms with Crippen molar-refractivity contribution in [2.45, 2.75) is 32.4 Å². The molecule has 0 aliphatic carbocycles. The highest BCUT2D eigenvalue weighted by molar-refractivity contribution is 6.15. The van der Waals surface area contributed by atoms with Crippen LogP contribution in [-0.2, 0) is 13.1 Å². The van der Waals surface area contributed by atoms with Gasteiger partial charge in [0.25, 0.3) is 5.56 Å². The molecule has 8 heteroatoms. The van der Waals surface area contributed by atoms with Crippen LogP contribution in [0.3, 0.4) is 0 Å². The lowest BCUT2D eigenvalue weighted by atomic mass is 9.83. The zero-order valence-corrected chi connectivity index (χ0v) is 20.4. The number of phenolic OH excluding ortho intramolecular Hbond substituents is 1. The van der Waals surface area contributed by atoms with Gasteiger partial charge in [-0.3, -0.25) is 14.5 Å². The highest BCUT2D eigenvalue weighted by Crippen LogP contribution is 2.44. The Bertz CT molecular complexity index is 1550. The van der Waals surface area contributed by atoms with E-state index in [1.165, 1.54) is 0 Å². The van der Waals surface area contributed by atoms with E-state index < -0.39 is 0 Å². The maximum absolute atomic E-state index is 13.4. The number of hydrogen-bond donors (Lipinski definition) is 1. The van der Waals surface area contributed by atoms with E-state index in [0.29, 0.717) is 52.9 Å². The molecule has 2 atom stereocenters. The Hall–Kier alpha value is -4.04. The first-order valence-electron chi connectivity index (χ1n) is 12.6. The third-order valence-electron chi connectivity index (χ3n) is 7.85. The number of phenols is 1. The average molecular weight is 499 g/mol. The lowest BCUT2D eigenvalue weighted by Crippen LogP contribution is -2.46. The van der Waals surface area contributed by atoms with Crippen LogP contribution in [0.5, 0.6) is 23.0 Å². The molecule has 0 radical (unpaired) electrons. The number of piperidine rings is 1. The molecule has 8 nitrogen and oxygen atoms in total. The first-order chi connectivity index (χ1) is 17.9. The van der Waals surface area contributed by atoms with E-state index in [2.05, 4.69) is 4.90 Å². The summed E-state index contributed by atoms with van der Waals surface area (Å²) in [5, 5.41) is 10.9. The van der Waals surface area contributed by atoms with E-state index in [1.54, 1.807) is 18.2 Å². The summed E-state index contributed by atoms with van der Waals surface area (Å²) in [6.45, 7) is 4.75. The minimum Gasteiger partial charge on any atom is -0.507 e. The molecular weight excluding hydrogens is 472 g/mol. The molecule has 37 heavy (non-hydrogen) atoms. The van der Waals surface area contributed by atoms with Gasteiger partial charge in [0.1, 0.15) is 11.5 Å². The van der Waals surface area contributed by atoms with Crippen LogP contribution in [0, 0.1) is 12.8 Å². The van der Waals surface area contributed by atoms with Crippen molar-refractivity contribution in [3.8, 4) is 23.0 Å². The monoisotopic (exact) mass is 498 g/mol. The predicted molar refractivity (Wildman–Crippen MR) is 135 cm³/mol. The molecule has 7 rings (SSSR count). The number of likely N-dealkylation sites (tertiary alicyclic amines) is 1. The zero-order chi connectivity index (χ0) is 25.3. The van der Waals surface area contributed by atoms with E-state index >= 15 is 0 Å². The van der Waals surface area contributed by atoms with Crippen LogP contribution in [0.1, 0.15) is 45.1 Å². The number of Topliss-reactive ketones (excluding diaryl/α,β-unsaturated/α-hetero) is 1. The first kappa shape index (κ1) is 22.2. The fraction of sp³-hybridized carbons (Fsp3) is 0.310. The number of aromatic nitrogens is 1. The molecule has 1 fully saturated rings. The van der Waals surface area contributed by atoms with Crippen molar-refractivity contribution in [1.82, 2.24) is 9.47 Å². The lowest BCUT2D eigenvalue weighted by molar-refractivity contribution is 0.101. The molecular formula is C29H26N2O6. The number of allylic oxidation sites excluding steroid dienone is 1. The molecule has 188 valence electrons. The Labute approximate surface area is 213 Å². The number of rotatable bonds is 3. The standard InChI is InChI=1S/C29H26N2O6/c1-16-7-22(32)20(14-30-11-18-8-19(13-30)21-3-2-4-26(33)31(21)12-18)29-27(16)28(34)25(37-29)10-17-5-6-23-24(9-17)36-15-35-23/h2-7,9-10,18-19,32H,8,11-15H2,1H3/b25-10-/t18-,19+/m1/s1. The summed E-state index contributed by atoms with van der Waals surface area (Å²) >= 11 is 0. The fourth-order valence-electron chi connectivity index (χ4n) is 6.24. The highest BCUT2D eigenvalue weighted by Gasteiger charge is 2.37. The van der Waals surface area contributed by atoms with Gasteiger partial charge in [0, 0.05) is 43.9 Å². The molecule has 0 spiro atoms. The smallest absolute Gasteiger partial charge is 0.250 e. The number of carbonyl (C=O) groups excluding carboxylic acids is 1. The molecule has 1 aromatic heterocycles. The average Bonchev–Trinajstić information content (AvgIpc) is 3.47. The Morgan fingerprint density at radius 3 is 2.81 bits per heavy atom.